The predicted molar refractivity (Wildman–Crippen MR) is 214 cm³/mol. The molecule has 5 heteroatoms. The topological polar surface area (TPSA) is 49.9 Å². The van der Waals surface area contributed by atoms with Crippen LogP contribution >= 0.6 is 0 Å². The molecule has 5 nitrogen and oxygen atoms in total. The summed E-state index contributed by atoms with van der Waals surface area (Å²) in [6.45, 7) is 8.63. The standard InChI is InChI=1S/C44H84N2O3/c1-9-13-15-17-19-21-23-25-27-29-31-33-35-37-39-43(11-3,45(5)6)41(47)49-42(48)44(12-4,46(7)8)40-38-36-34-32-30-28-26-24-22-20-18-16-14-10-2/h25-28H,9-24,29-40H2,1-8H3. The third kappa shape index (κ3) is 20.9. The SMILES string of the molecule is CCCCCCCCC=CCCCCCCC(CC)(C(=O)OC(=O)C(CC)(CCCCCCC=CCCCCCCCC)N(C)C)N(C)C. The largest absolute Gasteiger partial charge is 0.390 e. The summed E-state index contributed by atoms with van der Waals surface area (Å²) in [5.74, 6) is -0.759. The van der Waals surface area contributed by atoms with Crippen LogP contribution in [0.3, 0.4) is 0 Å². The molecule has 0 fully saturated rings. The Morgan fingerprint density at radius 3 is 0.959 bits per heavy atom. The van der Waals surface area contributed by atoms with Crippen molar-refractivity contribution >= 4 is 11.9 Å². The molecule has 0 rings (SSSR count). The molecule has 0 bridgehead atoms. The number of carbonyl (C=O) groups excluding carboxylic acids is 2. The zero-order valence-electron chi connectivity index (χ0n) is 34.2. The predicted octanol–water partition coefficient (Wildman–Crippen LogP) is 12.8. The van der Waals surface area contributed by atoms with E-state index in [2.05, 4.69) is 38.2 Å². The minimum atomic E-state index is -0.777. The minimum Gasteiger partial charge on any atom is -0.390 e. The molecule has 0 aliphatic rings. The summed E-state index contributed by atoms with van der Waals surface area (Å²) < 4.78 is 5.85. The molecule has 2 unspecified atom stereocenters. The van der Waals surface area contributed by atoms with E-state index in [4.69, 9.17) is 4.74 Å². The first-order chi connectivity index (χ1) is 23.7. The monoisotopic (exact) mass is 689 g/mol. The Balaban J connectivity index is 4.69. The Bertz CT molecular complexity index is 783. The van der Waals surface area contributed by atoms with Crippen LogP contribution in [-0.2, 0) is 14.3 Å². The van der Waals surface area contributed by atoms with Gasteiger partial charge in [0.1, 0.15) is 11.1 Å². The van der Waals surface area contributed by atoms with Gasteiger partial charge in [-0.2, -0.15) is 0 Å². The lowest BCUT2D eigenvalue weighted by atomic mass is 9.86. The lowest BCUT2D eigenvalue weighted by Gasteiger charge is -2.40. The first-order valence-electron chi connectivity index (χ1n) is 21.1. The number of unbranched alkanes of at least 4 members (excludes halogenated alkanes) is 20. The molecule has 0 aliphatic heterocycles. The second-order valence-electron chi connectivity index (χ2n) is 15.2. The summed E-state index contributed by atoms with van der Waals surface area (Å²) in [5, 5.41) is 0. The Morgan fingerprint density at radius 2 is 0.694 bits per heavy atom. The van der Waals surface area contributed by atoms with Crippen molar-refractivity contribution in [3.63, 3.8) is 0 Å². The van der Waals surface area contributed by atoms with Gasteiger partial charge in [0, 0.05) is 0 Å². The second kappa shape index (κ2) is 31.3. The summed E-state index contributed by atoms with van der Waals surface area (Å²) in [7, 11) is 7.80. The molecule has 0 radical (unpaired) electrons. The van der Waals surface area contributed by atoms with E-state index in [-0.39, 0.29) is 11.9 Å². The number of ether oxygens (including phenoxy) is 1. The lowest BCUT2D eigenvalue weighted by molar-refractivity contribution is -0.176. The number of carbonyl (C=O) groups is 2. The lowest BCUT2D eigenvalue weighted by Crippen LogP contribution is -2.57. The van der Waals surface area contributed by atoms with E-state index in [1.54, 1.807) is 0 Å². The first kappa shape index (κ1) is 47.5. The van der Waals surface area contributed by atoms with Gasteiger partial charge in [0.15, 0.2) is 0 Å². The van der Waals surface area contributed by atoms with Crippen LogP contribution in [0.2, 0.25) is 0 Å². The van der Waals surface area contributed by atoms with E-state index in [1.807, 2.05) is 51.8 Å². The number of rotatable bonds is 34. The fourth-order valence-electron chi connectivity index (χ4n) is 7.19. The number of allylic oxidation sites excluding steroid dienone is 4. The zero-order chi connectivity index (χ0) is 36.6. The maximum Gasteiger partial charge on any atom is 0.334 e. The molecule has 0 spiro atoms. The Labute approximate surface area is 306 Å². The van der Waals surface area contributed by atoms with Crippen molar-refractivity contribution in [3.05, 3.63) is 24.3 Å². The molecule has 0 N–H and O–H groups in total. The molecule has 0 saturated heterocycles. The maximum atomic E-state index is 13.8. The van der Waals surface area contributed by atoms with E-state index in [9.17, 15) is 9.59 Å². The number of hydrogen-bond acceptors (Lipinski definition) is 5. The summed E-state index contributed by atoms with van der Waals surface area (Å²) in [4.78, 5) is 31.5. The van der Waals surface area contributed by atoms with E-state index in [0.29, 0.717) is 25.7 Å². The third-order valence-electron chi connectivity index (χ3n) is 11.0. The molecule has 0 amide bonds. The van der Waals surface area contributed by atoms with Crippen molar-refractivity contribution in [1.29, 1.82) is 0 Å². The van der Waals surface area contributed by atoms with Gasteiger partial charge in [-0.3, -0.25) is 9.80 Å². The van der Waals surface area contributed by atoms with Crippen molar-refractivity contribution in [1.82, 2.24) is 9.80 Å². The van der Waals surface area contributed by atoms with Crippen LogP contribution in [0, 0.1) is 0 Å². The van der Waals surface area contributed by atoms with Crippen molar-refractivity contribution in [2.45, 2.75) is 219 Å². The van der Waals surface area contributed by atoms with Crippen LogP contribution in [0.15, 0.2) is 24.3 Å². The molecule has 0 heterocycles. The smallest absolute Gasteiger partial charge is 0.334 e. The van der Waals surface area contributed by atoms with Gasteiger partial charge in [-0.1, -0.05) is 155 Å². The van der Waals surface area contributed by atoms with Gasteiger partial charge in [0.05, 0.1) is 0 Å². The minimum absolute atomic E-state index is 0.380. The average Bonchev–Trinajstić information content (AvgIpc) is 3.08. The van der Waals surface area contributed by atoms with Crippen LogP contribution in [0.4, 0.5) is 0 Å². The van der Waals surface area contributed by atoms with Gasteiger partial charge in [0.2, 0.25) is 0 Å². The van der Waals surface area contributed by atoms with Crippen LogP contribution in [0.25, 0.3) is 0 Å². The van der Waals surface area contributed by atoms with Crippen molar-refractivity contribution in [2.24, 2.45) is 0 Å². The van der Waals surface area contributed by atoms with Crippen LogP contribution < -0.4 is 0 Å². The molecule has 2 atom stereocenters. The number of nitrogens with zero attached hydrogens (tertiary/aromatic N) is 2. The Kier molecular flexibility index (Phi) is 30.4. The second-order valence-corrected chi connectivity index (χ2v) is 15.2. The van der Waals surface area contributed by atoms with E-state index >= 15 is 0 Å². The molecule has 0 aromatic rings. The van der Waals surface area contributed by atoms with Gasteiger partial charge in [0.25, 0.3) is 0 Å². The van der Waals surface area contributed by atoms with Gasteiger partial charge >= 0.3 is 11.9 Å². The van der Waals surface area contributed by atoms with Gasteiger partial charge in [-0.15, -0.1) is 0 Å². The summed E-state index contributed by atoms with van der Waals surface area (Å²) in [6.07, 6.45) is 41.8. The van der Waals surface area contributed by atoms with Gasteiger partial charge < -0.3 is 4.74 Å². The molecular formula is C44H84N2O3. The number of likely N-dealkylation sites (N-methyl/N-ethyl adjacent to an activating group) is 2. The highest BCUT2D eigenvalue weighted by atomic mass is 16.6. The Morgan fingerprint density at radius 1 is 0.429 bits per heavy atom. The molecule has 0 aliphatic carbocycles. The quantitative estimate of drug-likeness (QED) is 0.0291. The van der Waals surface area contributed by atoms with Gasteiger partial charge in [-0.25, -0.2) is 9.59 Å². The first-order valence-corrected chi connectivity index (χ1v) is 21.1. The zero-order valence-corrected chi connectivity index (χ0v) is 34.2. The average molecular weight is 689 g/mol. The molecule has 0 saturated carbocycles. The molecule has 288 valence electrons. The van der Waals surface area contributed by atoms with Crippen LogP contribution in [-0.4, -0.2) is 61.0 Å². The molecule has 0 aromatic heterocycles. The summed E-state index contributed by atoms with van der Waals surface area (Å²) in [5.41, 5.74) is -1.55. The van der Waals surface area contributed by atoms with Gasteiger partial charge in [-0.05, 0) is 105 Å². The molecular weight excluding hydrogens is 604 g/mol. The summed E-state index contributed by atoms with van der Waals surface area (Å²) >= 11 is 0. The number of hydrogen-bond donors (Lipinski definition) is 0. The highest BCUT2D eigenvalue weighted by Crippen LogP contribution is 2.31. The maximum absolute atomic E-state index is 13.8. The van der Waals surface area contributed by atoms with Crippen molar-refractivity contribution in [3.8, 4) is 0 Å². The van der Waals surface area contributed by atoms with E-state index in [0.717, 1.165) is 51.4 Å². The van der Waals surface area contributed by atoms with E-state index in [1.165, 1.54) is 103 Å². The third-order valence-corrected chi connectivity index (χ3v) is 11.0. The normalized spacial score (nSPS) is 14.7. The fourth-order valence-corrected chi connectivity index (χ4v) is 7.19. The molecule has 0 aromatic carbocycles. The van der Waals surface area contributed by atoms with Crippen molar-refractivity contribution < 1.29 is 14.3 Å². The Hall–Kier alpha value is -1.46. The summed E-state index contributed by atoms with van der Waals surface area (Å²) in [6, 6.07) is 0. The van der Waals surface area contributed by atoms with Crippen molar-refractivity contribution in [2.75, 3.05) is 28.2 Å². The number of esters is 2. The van der Waals surface area contributed by atoms with Crippen LogP contribution in [0.5, 0.6) is 0 Å². The highest BCUT2D eigenvalue weighted by Gasteiger charge is 2.46. The molecule has 49 heavy (non-hydrogen) atoms. The van der Waals surface area contributed by atoms with E-state index < -0.39 is 11.1 Å². The fraction of sp³-hybridized carbons (Fsp3) is 0.864. The highest BCUT2D eigenvalue weighted by molar-refractivity contribution is 5.95. The van der Waals surface area contributed by atoms with Crippen LogP contribution in [0.1, 0.15) is 207 Å².